The van der Waals surface area contributed by atoms with Gasteiger partial charge in [-0.3, -0.25) is 0 Å². The van der Waals surface area contributed by atoms with Gasteiger partial charge < -0.3 is 10.1 Å². The molecule has 1 aliphatic heterocycles. The van der Waals surface area contributed by atoms with Crippen molar-refractivity contribution in [2.75, 3.05) is 26.7 Å². The topological polar surface area (TPSA) is 58.6 Å². The van der Waals surface area contributed by atoms with Crippen LogP contribution in [0.25, 0.3) is 0 Å². The van der Waals surface area contributed by atoms with E-state index in [-0.39, 0.29) is 18.4 Å². The Morgan fingerprint density at radius 2 is 2.00 bits per heavy atom. The SMILES string of the molecule is CCOc1ccc(S(=O)(=O)N(C)C2CCNCC2)cc1Br.Cl. The Hall–Kier alpha value is -0.340. The van der Waals surface area contributed by atoms with Crippen LogP contribution in [0.4, 0.5) is 0 Å². The molecular weight excluding hydrogens is 392 g/mol. The molecular formula is C14H22BrClN2O3S. The van der Waals surface area contributed by atoms with E-state index in [2.05, 4.69) is 21.2 Å². The molecule has 0 atom stereocenters. The Kier molecular flexibility index (Phi) is 7.61. The fourth-order valence-electron chi connectivity index (χ4n) is 2.45. The maximum Gasteiger partial charge on any atom is 0.243 e. The summed E-state index contributed by atoms with van der Waals surface area (Å²) in [5.74, 6) is 0.654. The predicted octanol–water partition coefficient (Wildman–Crippen LogP) is 2.64. The Balaban J connectivity index is 0.00000242. The number of nitrogens with one attached hydrogen (secondary N) is 1. The first kappa shape index (κ1) is 19.7. The van der Waals surface area contributed by atoms with Gasteiger partial charge in [0.05, 0.1) is 16.0 Å². The van der Waals surface area contributed by atoms with Crippen molar-refractivity contribution in [1.82, 2.24) is 9.62 Å². The lowest BCUT2D eigenvalue weighted by Gasteiger charge is -2.30. The van der Waals surface area contributed by atoms with Crippen molar-refractivity contribution in [1.29, 1.82) is 0 Å². The van der Waals surface area contributed by atoms with Gasteiger partial charge in [0.2, 0.25) is 10.0 Å². The van der Waals surface area contributed by atoms with E-state index in [4.69, 9.17) is 4.74 Å². The van der Waals surface area contributed by atoms with Gasteiger partial charge in [0, 0.05) is 13.1 Å². The number of rotatable bonds is 5. The van der Waals surface area contributed by atoms with Gasteiger partial charge in [-0.1, -0.05) is 0 Å². The standard InChI is InChI=1S/C14H21BrN2O3S.ClH/c1-3-20-14-5-4-12(10-13(14)15)21(18,19)17(2)11-6-8-16-9-7-11;/h4-5,10-11,16H,3,6-9H2,1-2H3;1H. The third-order valence-electron chi connectivity index (χ3n) is 3.70. The van der Waals surface area contributed by atoms with Crippen LogP contribution < -0.4 is 10.1 Å². The molecule has 22 heavy (non-hydrogen) atoms. The summed E-state index contributed by atoms with van der Waals surface area (Å²) in [6.45, 7) is 4.15. The van der Waals surface area contributed by atoms with E-state index in [1.165, 1.54) is 4.31 Å². The first-order valence-corrected chi connectivity index (χ1v) is 9.31. The second-order valence-corrected chi connectivity index (χ2v) is 7.88. The van der Waals surface area contributed by atoms with Crippen LogP contribution in [0.3, 0.4) is 0 Å². The summed E-state index contributed by atoms with van der Waals surface area (Å²) in [7, 11) is -1.81. The van der Waals surface area contributed by atoms with Crippen LogP contribution in [0.5, 0.6) is 5.75 Å². The summed E-state index contributed by atoms with van der Waals surface area (Å²) >= 11 is 3.37. The number of nitrogens with zero attached hydrogens (tertiary/aromatic N) is 1. The molecule has 126 valence electrons. The highest BCUT2D eigenvalue weighted by Crippen LogP contribution is 2.30. The fourth-order valence-corrected chi connectivity index (χ4v) is 4.53. The lowest BCUT2D eigenvalue weighted by atomic mass is 10.1. The number of hydrogen-bond donors (Lipinski definition) is 1. The molecule has 2 rings (SSSR count). The number of piperidine rings is 1. The number of benzene rings is 1. The smallest absolute Gasteiger partial charge is 0.243 e. The van der Waals surface area contributed by atoms with E-state index < -0.39 is 10.0 Å². The minimum atomic E-state index is -3.47. The Morgan fingerprint density at radius 1 is 1.36 bits per heavy atom. The van der Waals surface area contributed by atoms with Crippen molar-refractivity contribution in [2.24, 2.45) is 0 Å². The summed E-state index contributed by atoms with van der Waals surface area (Å²) in [6.07, 6.45) is 1.68. The number of sulfonamides is 1. The zero-order chi connectivity index (χ0) is 15.5. The highest BCUT2D eigenvalue weighted by Gasteiger charge is 2.29. The van der Waals surface area contributed by atoms with Crippen molar-refractivity contribution >= 4 is 38.4 Å². The largest absolute Gasteiger partial charge is 0.493 e. The maximum atomic E-state index is 12.7. The van der Waals surface area contributed by atoms with Gasteiger partial charge in [0.1, 0.15) is 5.75 Å². The van der Waals surface area contributed by atoms with Gasteiger partial charge in [0.15, 0.2) is 0 Å². The summed E-state index contributed by atoms with van der Waals surface area (Å²) < 4.78 is 33.0. The summed E-state index contributed by atoms with van der Waals surface area (Å²) in [4.78, 5) is 0.291. The highest BCUT2D eigenvalue weighted by atomic mass is 79.9. The second kappa shape index (κ2) is 8.49. The van der Waals surface area contributed by atoms with Crippen molar-refractivity contribution in [2.45, 2.75) is 30.7 Å². The molecule has 1 saturated heterocycles. The molecule has 1 aromatic carbocycles. The first-order valence-electron chi connectivity index (χ1n) is 7.08. The molecule has 0 saturated carbocycles. The van der Waals surface area contributed by atoms with Gasteiger partial charge in [-0.2, -0.15) is 4.31 Å². The molecule has 1 aliphatic rings. The van der Waals surface area contributed by atoms with E-state index in [9.17, 15) is 8.42 Å². The zero-order valence-electron chi connectivity index (χ0n) is 12.7. The summed E-state index contributed by atoms with van der Waals surface area (Å²) in [5.41, 5.74) is 0. The molecule has 0 bridgehead atoms. The van der Waals surface area contributed by atoms with Gasteiger partial charge in [0.25, 0.3) is 0 Å². The molecule has 5 nitrogen and oxygen atoms in total. The van der Waals surface area contributed by atoms with E-state index in [0.717, 1.165) is 25.9 Å². The molecule has 0 radical (unpaired) electrons. The first-order chi connectivity index (χ1) is 9.96. The molecule has 0 spiro atoms. The van der Waals surface area contributed by atoms with Crippen LogP contribution in [0.2, 0.25) is 0 Å². The lowest BCUT2D eigenvalue weighted by molar-refractivity contribution is 0.296. The lowest BCUT2D eigenvalue weighted by Crippen LogP contribution is -2.43. The van der Waals surface area contributed by atoms with Crippen LogP contribution >= 0.6 is 28.3 Å². The quantitative estimate of drug-likeness (QED) is 0.806. The average molecular weight is 414 g/mol. The van der Waals surface area contributed by atoms with Crippen LogP contribution in [-0.2, 0) is 10.0 Å². The Labute approximate surface area is 147 Å². The van der Waals surface area contributed by atoms with E-state index >= 15 is 0 Å². The molecule has 0 aromatic heterocycles. The maximum absolute atomic E-state index is 12.7. The van der Waals surface area contributed by atoms with Gasteiger partial charge in [-0.25, -0.2) is 8.42 Å². The predicted molar refractivity (Wildman–Crippen MR) is 93.4 cm³/mol. The fraction of sp³-hybridized carbons (Fsp3) is 0.571. The summed E-state index contributed by atoms with van der Waals surface area (Å²) in [5, 5.41) is 3.25. The molecule has 0 aliphatic carbocycles. The van der Waals surface area contributed by atoms with Crippen molar-refractivity contribution in [3.05, 3.63) is 22.7 Å². The number of ether oxygens (including phenoxy) is 1. The molecule has 0 unspecified atom stereocenters. The van der Waals surface area contributed by atoms with Crippen molar-refractivity contribution in [3.8, 4) is 5.75 Å². The third-order valence-corrected chi connectivity index (χ3v) is 6.23. The molecule has 1 aromatic rings. The van der Waals surface area contributed by atoms with Crippen molar-refractivity contribution in [3.63, 3.8) is 0 Å². The molecule has 0 amide bonds. The average Bonchev–Trinajstić information content (AvgIpc) is 2.49. The van der Waals surface area contributed by atoms with Crippen molar-refractivity contribution < 1.29 is 13.2 Å². The van der Waals surface area contributed by atoms with E-state index in [0.29, 0.717) is 21.7 Å². The third kappa shape index (κ3) is 4.35. The Morgan fingerprint density at radius 3 is 2.55 bits per heavy atom. The Bertz CT molecular complexity index is 592. The minimum absolute atomic E-state index is 0. The van der Waals surface area contributed by atoms with Gasteiger partial charge >= 0.3 is 0 Å². The molecule has 1 fully saturated rings. The van der Waals surface area contributed by atoms with Crippen LogP contribution in [-0.4, -0.2) is 45.5 Å². The zero-order valence-corrected chi connectivity index (χ0v) is 15.9. The van der Waals surface area contributed by atoms with Crippen LogP contribution in [0.1, 0.15) is 19.8 Å². The van der Waals surface area contributed by atoms with Gasteiger partial charge in [-0.15, -0.1) is 12.4 Å². The van der Waals surface area contributed by atoms with E-state index in [1.807, 2.05) is 6.92 Å². The van der Waals surface area contributed by atoms with E-state index in [1.54, 1.807) is 25.2 Å². The van der Waals surface area contributed by atoms with Crippen LogP contribution in [0, 0.1) is 0 Å². The minimum Gasteiger partial charge on any atom is -0.493 e. The summed E-state index contributed by atoms with van der Waals surface area (Å²) in [6, 6.07) is 4.96. The number of hydrogen-bond acceptors (Lipinski definition) is 4. The van der Waals surface area contributed by atoms with Gasteiger partial charge in [-0.05, 0) is 67.0 Å². The highest BCUT2D eigenvalue weighted by molar-refractivity contribution is 9.10. The molecule has 8 heteroatoms. The van der Waals surface area contributed by atoms with Crippen LogP contribution in [0.15, 0.2) is 27.6 Å². The second-order valence-electron chi connectivity index (χ2n) is 5.03. The number of halogens is 2. The molecule has 1 N–H and O–H groups in total. The monoisotopic (exact) mass is 412 g/mol. The molecule has 1 heterocycles. The normalized spacial score (nSPS) is 16.4.